The molecule has 2 nitrogen and oxygen atoms in total. The largest absolute Gasteiger partial charge is 0.489 e. The molecule has 0 aliphatic rings. The first-order valence-electron chi connectivity index (χ1n) is 6.38. The Morgan fingerprint density at radius 3 is 2.50 bits per heavy atom. The van der Waals surface area contributed by atoms with E-state index in [9.17, 15) is 0 Å². The van der Waals surface area contributed by atoms with Gasteiger partial charge in [0.1, 0.15) is 12.4 Å². The smallest absolute Gasteiger partial charge is 0.120 e. The number of hydrogen-bond acceptors (Lipinski definition) is 2. The van der Waals surface area contributed by atoms with E-state index < -0.39 is 0 Å². The molecule has 3 heteroatoms. The normalized spacial score (nSPS) is 10.7. The summed E-state index contributed by atoms with van der Waals surface area (Å²) in [6.45, 7) is 0.513. The van der Waals surface area contributed by atoms with Crippen LogP contribution in [0.3, 0.4) is 0 Å². The molecule has 20 heavy (non-hydrogen) atoms. The van der Waals surface area contributed by atoms with Crippen LogP contribution in [0.1, 0.15) is 5.56 Å². The van der Waals surface area contributed by atoms with Crippen molar-refractivity contribution in [3.05, 3.63) is 70.7 Å². The van der Waals surface area contributed by atoms with Crippen LogP contribution in [0.15, 0.2) is 65.1 Å². The van der Waals surface area contributed by atoms with Crippen LogP contribution >= 0.6 is 15.9 Å². The predicted molar refractivity (Wildman–Crippen MR) is 86.8 cm³/mol. The number of rotatable bonds is 3. The maximum atomic E-state index is 5.85. The summed E-state index contributed by atoms with van der Waals surface area (Å²) in [6.07, 6.45) is 0. The minimum atomic E-state index is 0.513. The molecule has 0 saturated heterocycles. The van der Waals surface area contributed by atoms with Gasteiger partial charge in [-0.3, -0.25) is 0 Å². The molecular weight excluding hydrogens is 314 g/mol. The zero-order valence-corrected chi connectivity index (χ0v) is 12.4. The molecule has 0 spiro atoms. The third-order valence-corrected chi connectivity index (χ3v) is 3.93. The second kappa shape index (κ2) is 5.55. The van der Waals surface area contributed by atoms with E-state index in [1.165, 1.54) is 10.8 Å². The van der Waals surface area contributed by atoms with Gasteiger partial charge < -0.3 is 10.5 Å². The van der Waals surface area contributed by atoms with Crippen molar-refractivity contribution in [3.8, 4) is 5.75 Å². The molecule has 0 aliphatic heterocycles. The Morgan fingerprint density at radius 1 is 0.900 bits per heavy atom. The summed E-state index contributed by atoms with van der Waals surface area (Å²) in [4.78, 5) is 0. The molecule has 0 amide bonds. The third-order valence-electron chi connectivity index (χ3n) is 3.19. The summed E-state index contributed by atoms with van der Waals surface area (Å²) >= 11 is 3.50. The number of halogens is 1. The van der Waals surface area contributed by atoms with Gasteiger partial charge in [0.25, 0.3) is 0 Å². The van der Waals surface area contributed by atoms with Gasteiger partial charge in [0.2, 0.25) is 0 Å². The van der Waals surface area contributed by atoms with Crippen LogP contribution in [-0.2, 0) is 6.61 Å². The average Bonchev–Trinajstić information content (AvgIpc) is 2.46. The fourth-order valence-corrected chi connectivity index (χ4v) is 2.61. The highest BCUT2D eigenvalue weighted by Gasteiger charge is 2.02. The number of nitrogens with two attached hydrogens (primary N) is 1. The molecule has 2 N–H and O–H groups in total. The van der Waals surface area contributed by atoms with Crippen LogP contribution in [0.5, 0.6) is 5.75 Å². The van der Waals surface area contributed by atoms with Gasteiger partial charge in [-0.25, -0.2) is 0 Å². The van der Waals surface area contributed by atoms with Gasteiger partial charge >= 0.3 is 0 Å². The lowest BCUT2D eigenvalue weighted by Gasteiger charge is -2.09. The summed E-state index contributed by atoms with van der Waals surface area (Å²) in [6, 6.07) is 20.1. The molecule has 3 aromatic rings. The van der Waals surface area contributed by atoms with E-state index in [-0.39, 0.29) is 0 Å². The first-order valence-corrected chi connectivity index (χ1v) is 7.17. The molecule has 0 aliphatic carbocycles. The van der Waals surface area contributed by atoms with Gasteiger partial charge in [-0.1, -0.05) is 52.3 Å². The highest BCUT2D eigenvalue weighted by molar-refractivity contribution is 9.10. The minimum absolute atomic E-state index is 0.513. The van der Waals surface area contributed by atoms with Crippen LogP contribution in [-0.4, -0.2) is 0 Å². The molecule has 0 fully saturated rings. The molecule has 0 unspecified atom stereocenters. The van der Waals surface area contributed by atoms with Gasteiger partial charge in [0, 0.05) is 15.7 Å². The van der Waals surface area contributed by atoms with E-state index >= 15 is 0 Å². The van der Waals surface area contributed by atoms with Crippen molar-refractivity contribution < 1.29 is 4.74 Å². The monoisotopic (exact) mass is 327 g/mol. The molecule has 3 aromatic carbocycles. The number of fused-ring (bicyclic) bond motifs is 1. The molecule has 0 heterocycles. The van der Waals surface area contributed by atoms with Crippen LogP contribution in [0, 0.1) is 0 Å². The number of benzene rings is 3. The second-order valence-corrected chi connectivity index (χ2v) is 5.50. The topological polar surface area (TPSA) is 35.2 Å². The molecule has 0 atom stereocenters. The Hall–Kier alpha value is -2.00. The van der Waals surface area contributed by atoms with Crippen LogP contribution in [0.25, 0.3) is 10.8 Å². The van der Waals surface area contributed by atoms with E-state index in [2.05, 4.69) is 40.2 Å². The van der Waals surface area contributed by atoms with E-state index in [1.54, 1.807) is 0 Å². The first kappa shape index (κ1) is 13.0. The summed E-state index contributed by atoms with van der Waals surface area (Å²) in [5, 5.41) is 2.40. The van der Waals surface area contributed by atoms with Gasteiger partial charge in [0.05, 0.1) is 0 Å². The maximum Gasteiger partial charge on any atom is 0.120 e. The lowest BCUT2D eigenvalue weighted by molar-refractivity contribution is 0.306. The fraction of sp³-hybridized carbons (Fsp3) is 0.0588. The van der Waals surface area contributed by atoms with E-state index in [0.29, 0.717) is 6.61 Å². The van der Waals surface area contributed by atoms with E-state index in [1.807, 2.05) is 36.4 Å². The van der Waals surface area contributed by atoms with Crippen molar-refractivity contribution in [3.63, 3.8) is 0 Å². The van der Waals surface area contributed by atoms with E-state index in [0.717, 1.165) is 21.5 Å². The quantitative estimate of drug-likeness (QED) is 0.703. The summed E-state index contributed by atoms with van der Waals surface area (Å²) in [7, 11) is 0. The Labute approximate surface area is 126 Å². The van der Waals surface area contributed by atoms with Gasteiger partial charge in [-0.2, -0.15) is 0 Å². The highest BCUT2D eigenvalue weighted by Crippen LogP contribution is 2.24. The summed E-state index contributed by atoms with van der Waals surface area (Å²) in [5.74, 6) is 0.868. The number of nitrogen functional groups attached to an aromatic ring is 1. The first-order chi connectivity index (χ1) is 9.72. The van der Waals surface area contributed by atoms with Crippen molar-refractivity contribution in [2.24, 2.45) is 0 Å². The Bertz CT molecular complexity index is 755. The maximum absolute atomic E-state index is 5.85. The van der Waals surface area contributed by atoms with Crippen molar-refractivity contribution >= 4 is 32.4 Å². The van der Waals surface area contributed by atoms with Crippen LogP contribution < -0.4 is 10.5 Å². The van der Waals surface area contributed by atoms with Gasteiger partial charge in [0.15, 0.2) is 0 Å². The molecule has 0 bridgehead atoms. The zero-order valence-electron chi connectivity index (χ0n) is 10.8. The summed E-state index contributed by atoms with van der Waals surface area (Å²) < 4.78 is 6.82. The lowest BCUT2D eigenvalue weighted by Crippen LogP contribution is -1.97. The predicted octanol–water partition coefficient (Wildman–Crippen LogP) is 4.76. The van der Waals surface area contributed by atoms with Crippen molar-refractivity contribution in [2.45, 2.75) is 6.61 Å². The van der Waals surface area contributed by atoms with Gasteiger partial charge in [-0.05, 0) is 35.0 Å². The molecule has 0 radical (unpaired) electrons. The second-order valence-electron chi connectivity index (χ2n) is 4.65. The van der Waals surface area contributed by atoms with Crippen LogP contribution in [0.4, 0.5) is 5.69 Å². The third kappa shape index (κ3) is 2.78. The molecule has 100 valence electrons. The standard InChI is InChI=1S/C17H14BrNO/c18-17-10-15(19)7-5-14(17)11-20-16-8-6-12-3-1-2-4-13(12)9-16/h1-10H,11,19H2. The average molecular weight is 328 g/mol. The minimum Gasteiger partial charge on any atom is -0.489 e. The molecule has 0 aromatic heterocycles. The summed E-state index contributed by atoms with van der Waals surface area (Å²) in [5.41, 5.74) is 7.54. The number of hydrogen-bond donors (Lipinski definition) is 1. The van der Waals surface area contributed by atoms with Crippen molar-refractivity contribution in [2.75, 3.05) is 5.73 Å². The van der Waals surface area contributed by atoms with E-state index in [4.69, 9.17) is 10.5 Å². The highest BCUT2D eigenvalue weighted by atomic mass is 79.9. The molecule has 3 rings (SSSR count). The Kier molecular flexibility index (Phi) is 3.61. The Balaban J connectivity index is 1.79. The zero-order chi connectivity index (χ0) is 13.9. The number of ether oxygens (including phenoxy) is 1. The SMILES string of the molecule is Nc1ccc(COc2ccc3ccccc3c2)c(Br)c1. The molecular formula is C17H14BrNO. The lowest BCUT2D eigenvalue weighted by atomic mass is 10.1. The van der Waals surface area contributed by atoms with Crippen molar-refractivity contribution in [1.29, 1.82) is 0 Å². The van der Waals surface area contributed by atoms with Crippen molar-refractivity contribution in [1.82, 2.24) is 0 Å². The number of anilines is 1. The fourth-order valence-electron chi connectivity index (χ4n) is 2.10. The van der Waals surface area contributed by atoms with Gasteiger partial charge in [-0.15, -0.1) is 0 Å². The van der Waals surface area contributed by atoms with Crippen LogP contribution in [0.2, 0.25) is 0 Å². The molecule has 0 saturated carbocycles. The Morgan fingerprint density at radius 2 is 1.70 bits per heavy atom.